The summed E-state index contributed by atoms with van der Waals surface area (Å²) in [5.74, 6) is 0. The van der Waals surface area contributed by atoms with Crippen molar-refractivity contribution < 1.29 is 17.4 Å². The van der Waals surface area contributed by atoms with E-state index in [4.69, 9.17) is 25.1 Å². The van der Waals surface area contributed by atoms with Crippen LogP contribution in [0.3, 0.4) is 0 Å². The molecule has 1 rings (SSSR count). The second-order valence-electron chi connectivity index (χ2n) is 1.36. The summed E-state index contributed by atoms with van der Waals surface area (Å²) in [5, 5.41) is 0. The van der Waals surface area contributed by atoms with E-state index in [1.807, 2.05) is 0 Å². The van der Waals surface area contributed by atoms with Gasteiger partial charge in [0.2, 0.25) is 0 Å². The molecule has 1 nitrogen and oxygen atoms in total. The Labute approximate surface area is 80.9 Å². The van der Waals surface area contributed by atoms with Crippen LogP contribution in [0.1, 0.15) is 12.8 Å². The van der Waals surface area contributed by atoms with Gasteiger partial charge >= 0.3 is 33.0 Å². The molecule has 0 bridgehead atoms. The van der Waals surface area contributed by atoms with Gasteiger partial charge in [0.25, 0.3) is 0 Å². The van der Waals surface area contributed by atoms with Gasteiger partial charge in [-0.25, -0.2) is 0 Å². The minimum atomic E-state index is 0. The Morgan fingerprint density at radius 1 is 1.11 bits per heavy atom. The Kier molecular flexibility index (Phi) is 18.0. The second-order valence-corrected chi connectivity index (χ2v) is 3.00. The molecule has 0 atom stereocenters. The molecule has 1 saturated heterocycles. The number of halogens is 2. The van der Waals surface area contributed by atoms with Gasteiger partial charge in [0.15, 0.2) is 0 Å². The third-order valence-corrected chi connectivity index (χ3v) is 0.827. The molecule has 0 spiro atoms. The van der Waals surface area contributed by atoms with Gasteiger partial charge in [-0.15, -0.1) is 0 Å². The Morgan fingerprint density at radius 3 is 1.56 bits per heavy atom. The van der Waals surface area contributed by atoms with Gasteiger partial charge in [-0.3, -0.25) is 0 Å². The fraction of sp³-hybridized carbons (Fsp3) is 1.00. The van der Waals surface area contributed by atoms with E-state index in [-0.39, 0.29) is 17.4 Å². The van der Waals surface area contributed by atoms with E-state index in [0.717, 1.165) is 13.2 Å². The summed E-state index contributed by atoms with van der Waals surface area (Å²) in [6.45, 7) is 2.00. The summed E-state index contributed by atoms with van der Waals surface area (Å²) in [4.78, 5) is 0. The van der Waals surface area contributed by atoms with E-state index in [1.54, 1.807) is 0 Å². The first-order chi connectivity index (χ1) is 3.91. The average Bonchev–Trinajstić information content (AvgIpc) is 2.17. The molecule has 1 aliphatic rings. The van der Waals surface area contributed by atoms with E-state index >= 15 is 0 Å². The molecule has 1 fully saturated rings. The van der Waals surface area contributed by atoms with Gasteiger partial charge in [-0.2, -0.15) is 0 Å². The van der Waals surface area contributed by atoms with E-state index in [1.165, 1.54) is 12.8 Å². The van der Waals surface area contributed by atoms with Gasteiger partial charge < -0.3 is 4.74 Å². The Balaban J connectivity index is 0. The first-order valence-electron chi connectivity index (χ1n) is 2.32. The predicted octanol–water partition coefficient (Wildman–Crippen LogP) is 1.79. The molecule has 0 N–H and O–H groups in total. The minimum absolute atomic E-state index is 0. The van der Waals surface area contributed by atoms with Crippen LogP contribution in [0.5, 0.6) is 0 Å². The van der Waals surface area contributed by atoms with Crippen molar-refractivity contribution in [2.24, 2.45) is 0 Å². The van der Waals surface area contributed by atoms with Crippen LogP contribution >= 0.6 is 20.4 Å². The Morgan fingerprint density at radius 2 is 1.44 bits per heavy atom. The van der Waals surface area contributed by atoms with Gasteiger partial charge in [0.05, 0.1) is 0 Å². The molecule has 9 heavy (non-hydrogen) atoms. The molecule has 0 saturated carbocycles. The maximum atomic E-state index is 4.94. The van der Waals surface area contributed by atoms with Crippen LogP contribution in [0.4, 0.5) is 0 Å². The molecule has 0 amide bonds. The standard InChI is InChI=1S/C4H8O.Al.2ClH.Ni/c1-2-4-5-3-1;;;;/h1-4H2;;2*1H;/q;;;;+2/p-2. The van der Waals surface area contributed by atoms with Crippen LogP contribution in [0.2, 0.25) is 0 Å². The zero-order valence-corrected chi connectivity index (χ0v) is 8.54. The molecular weight excluding hydrogens is 221 g/mol. The van der Waals surface area contributed by atoms with Crippen LogP contribution in [-0.4, -0.2) is 30.6 Å². The van der Waals surface area contributed by atoms with Crippen molar-refractivity contribution in [2.75, 3.05) is 13.2 Å². The summed E-state index contributed by atoms with van der Waals surface area (Å²) < 4.78 is 4.94. The van der Waals surface area contributed by atoms with Crippen LogP contribution in [0.15, 0.2) is 0 Å². The molecule has 0 unspecified atom stereocenters. The molecule has 3 radical (unpaired) electrons. The van der Waals surface area contributed by atoms with Gasteiger partial charge in [0, 0.05) is 30.6 Å². The summed E-state index contributed by atoms with van der Waals surface area (Å²) in [6, 6.07) is 0. The van der Waals surface area contributed by atoms with Gasteiger partial charge in [-0.1, -0.05) is 0 Å². The second kappa shape index (κ2) is 12.3. The molecule has 57 valence electrons. The fourth-order valence-electron chi connectivity index (χ4n) is 0.510. The van der Waals surface area contributed by atoms with Crippen molar-refractivity contribution >= 4 is 37.7 Å². The molecule has 0 aromatic heterocycles. The third-order valence-electron chi connectivity index (χ3n) is 0.827. The average molecular weight is 229 g/mol. The molecule has 1 aliphatic heterocycles. The van der Waals surface area contributed by atoms with Crippen molar-refractivity contribution in [2.45, 2.75) is 12.8 Å². The first kappa shape index (κ1) is 13.2. The maximum absolute atomic E-state index is 4.94. The number of ether oxygens (including phenoxy) is 1. The van der Waals surface area contributed by atoms with Crippen LogP contribution in [0.25, 0.3) is 0 Å². The fourth-order valence-corrected chi connectivity index (χ4v) is 0.510. The number of rotatable bonds is 0. The summed E-state index contributed by atoms with van der Waals surface area (Å²) >= 11 is 0.569. The predicted molar refractivity (Wildman–Crippen MR) is 37.5 cm³/mol. The molecular formula is C4H8AlCl2NiO. The monoisotopic (exact) mass is 227 g/mol. The Hall–Kier alpha value is 1.57. The van der Waals surface area contributed by atoms with Crippen molar-refractivity contribution in [3.8, 4) is 0 Å². The Bertz CT molecular complexity index is 37.9. The van der Waals surface area contributed by atoms with Crippen LogP contribution in [0, 0.1) is 0 Å². The SMILES string of the molecule is C1CCOC1.[Al].[Cl][Ni][Cl]. The van der Waals surface area contributed by atoms with Crippen molar-refractivity contribution in [3.63, 3.8) is 0 Å². The summed E-state index contributed by atoms with van der Waals surface area (Å²) in [7, 11) is 9.40. The molecule has 0 aromatic rings. The first-order valence-corrected chi connectivity index (χ1v) is 5.03. The van der Waals surface area contributed by atoms with Crippen LogP contribution < -0.4 is 0 Å². The summed E-state index contributed by atoms with van der Waals surface area (Å²) in [5.41, 5.74) is 0. The van der Waals surface area contributed by atoms with Gasteiger partial charge in [0.1, 0.15) is 0 Å². The summed E-state index contributed by atoms with van der Waals surface area (Å²) in [6.07, 6.45) is 2.56. The molecule has 0 aliphatic carbocycles. The number of hydrogen-bond acceptors (Lipinski definition) is 1. The van der Waals surface area contributed by atoms with Gasteiger partial charge in [-0.05, 0) is 12.8 Å². The quantitative estimate of drug-likeness (QED) is 0.575. The van der Waals surface area contributed by atoms with Crippen molar-refractivity contribution in [1.29, 1.82) is 0 Å². The molecule has 1 heterocycles. The third kappa shape index (κ3) is 12.7. The van der Waals surface area contributed by atoms with Crippen LogP contribution in [-0.2, 0) is 17.4 Å². The molecule has 0 aromatic carbocycles. The van der Waals surface area contributed by atoms with Crippen molar-refractivity contribution in [3.05, 3.63) is 0 Å². The van der Waals surface area contributed by atoms with E-state index in [9.17, 15) is 0 Å². The van der Waals surface area contributed by atoms with E-state index in [0.29, 0.717) is 12.7 Å². The van der Waals surface area contributed by atoms with E-state index < -0.39 is 0 Å². The van der Waals surface area contributed by atoms with E-state index in [2.05, 4.69) is 0 Å². The molecule has 5 heteroatoms. The topological polar surface area (TPSA) is 9.23 Å². The number of hydrogen-bond donors (Lipinski definition) is 0. The normalized spacial score (nSPS) is 15.8. The zero-order valence-electron chi connectivity index (χ0n) is 4.89. The zero-order chi connectivity index (χ0) is 6.24. The van der Waals surface area contributed by atoms with Crippen molar-refractivity contribution in [1.82, 2.24) is 0 Å².